The number of piperazine rings is 1. The predicted molar refractivity (Wildman–Crippen MR) is 180 cm³/mol. The number of aromatic nitrogens is 1. The molecule has 4 amide bonds. The Bertz CT molecular complexity index is 1720. The van der Waals surface area contributed by atoms with E-state index in [-0.39, 0.29) is 24.3 Å². The number of hydrogen-bond donors (Lipinski definition) is 2. The molecular formula is C34H35Cl2N5O3S. The molecule has 45 heavy (non-hydrogen) atoms. The molecule has 2 fully saturated rings. The highest BCUT2D eigenvalue weighted by Crippen LogP contribution is 2.55. The van der Waals surface area contributed by atoms with Crippen molar-refractivity contribution < 1.29 is 14.4 Å². The number of fused-ring (bicyclic) bond motifs is 1. The van der Waals surface area contributed by atoms with Gasteiger partial charge in [0.25, 0.3) is 0 Å². The molecule has 6 rings (SSSR count). The zero-order chi connectivity index (χ0) is 31.7. The average molecular weight is 665 g/mol. The number of H-pyrrole nitrogens is 1. The standard InChI is InChI=1S/C34H35Cl2N5O3S/c1-3-37-33(44)40-16-14-39(15-17-40)32(43)34(45-26-11-4-22(2)5-12-26)19-30(42)41(21-23-6-8-24(35)9-7-23)31(34)28-20-38-29-18-25(36)10-13-27(28)29/h4-13,18,20,31,38H,3,14-17,19,21H2,1-2H3,(H,37,44)/t31-,34?/m0/s1. The Labute approximate surface area is 277 Å². The van der Waals surface area contributed by atoms with Crippen LogP contribution in [0, 0.1) is 6.92 Å². The van der Waals surface area contributed by atoms with Gasteiger partial charge in [-0.25, -0.2) is 4.79 Å². The van der Waals surface area contributed by atoms with Gasteiger partial charge in [-0.2, -0.15) is 0 Å². The minimum Gasteiger partial charge on any atom is -0.361 e. The first-order valence-corrected chi connectivity index (χ1v) is 16.6. The summed E-state index contributed by atoms with van der Waals surface area (Å²) in [5.41, 5.74) is 3.72. The predicted octanol–water partition coefficient (Wildman–Crippen LogP) is 6.66. The SMILES string of the molecule is CCNC(=O)N1CCN(C(=O)C2(Sc3ccc(C)cc3)CC(=O)N(Cc3ccc(Cl)cc3)[C@H]2c2c[nH]c3cc(Cl)ccc23)CC1. The molecule has 2 N–H and O–H groups in total. The Morgan fingerprint density at radius 2 is 1.62 bits per heavy atom. The second-order valence-corrected chi connectivity index (χ2v) is 13.9. The summed E-state index contributed by atoms with van der Waals surface area (Å²) in [5, 5.41) is 4.97. The normalized spacial score (nSPS) is 20.2. The maximum Gasteiger partial charge on any atom is 0.317 e. The fraction of sp³-hybridized carbons (Fsp3) is 0.324. The monoisotopic (exact) mass is 663 g/mol. The highest BCUT2D eigenvalue weighted by Gasteiger charge is 2.59. The fourth-order valence-electron chi connectivity index (χ4n) is 6.34. The van der Waals surface area contributed by atoms with Crippen LogP contribution in [0.2, 0.25) is 10.0 Å². The molecule has 0 saturated carbocycles. The van der Waals surface area contributed by atoms with E-state index in [1.807, 2.05) is 96.6 Å². The van der Waals surface area contributed by atoms with Crippen LogP contribution in [0.25, 0.3) is 10.9 Å². The van der Waals surface area contributed by atoms with Gasteiger partial charge in [-0.15, -0.1) is 11.8 Å². The third-order valence-corrected chi connectivity index (χ3v) is 10.5. The number of thioether (sulfide) groups is 1. The molecule has 234 valence electrons. The minimum absolute atomic E-state index is 0.0272. The first-order valence-electron chi connectivity index (χ1n) is 15.1. The number of carbonyl (C=O) groups excluding carboxylic acids is 3. The highest BCUT2D eigenvalue weighted by molar-refractivity contribution is 8.01. The summed E-state index contributed by atoms with van der Waals surface area (Å²) in [4.78, 5) is 51.5. The fourth-order valence-corrected chi connectivity index (χ4v) is 8.11. The summed E-state index contributed by atoms with van der Waals surface area (Å²) in [6, 6.07) is 20.4. The molecule has 0 radical (unpaired) electrons. The smallest absolute Gasteiger partial charge is 0.317 e. The molecule has 8 nitrogen and oxygen atoms in total. The van der Waals surface area contributed by atoms with E-state index in [9.17, 15) is 9.59 Å². The Morgan fingerprint density at radius 1 is 0.956 bits per heavy atom. The molecule has 3 heterocycles. The van der Waals surface area contributed by atoms with E-state index in [1.54, 1.807) is 4.90 Å². The zero-order valence-electron chi connectivity index (χ0n) is 25.2. The second-order valence-electron chi connectivity index (χ2n) is 11.6. The highest BCUT2D eigenvalue weighted by atomic mass is 35.5. The molecule has 11 heteroatoms. The molecule has 2 aliphatic heterocycles. The number of hydrogen-bond acceptors (Lipinski definition) is 4. The van der Waals surface area contributed by atoms with Gasteiger partial charge >= 0.3 is 6.03 Å². The van der Waals surface area contributed by atoms with Crippen LogP contribution in [0.15, 0.2) is 77.8 Å². The van der Waals surface area contributed by atoms with Gasteiger partial charge in [-0.05, 0) is 55.8 Å². The molecule has 1 unspecified atom stereocenters. The Hall–Kier alpha value is -3.66. The molecule has 0 aliphatic carbocycles. The number of likely N-dealkylation sites (tertiary alicyclic amines) is 1. The maximum atomic E-state index is 15.0. The number of aromatic amines is 1. The van der Waals surface area contributed by atoms with Crippen molar-refractivity contribution in [3.8, 4) is 0 Å². The molecule has 3 aromatic carbocycles. The van der Waals surface area contributed by atoms with Crippen molar-refractivity contribution in [2.45, 2.75) is 42.5 Å². The summed E-state index contributed by atoms with van der Waals surface area (Å²) in [7, 11) is 0. The van der Waals surface area contributed by atoms with Gasteiger partial charge in [-0.3, -0.25) is 9.59 Å². The van der Waals surface area contributed by atoms with Crippen LogP contribution in [0.5, 0.6) is 0 Å². The molecule has 1 aromatic heterocycles. The summed E-state index contributed by atoms with van der Waals surface area (Å²) >= 11 is 14.0. The lowest BCUT2D eigenvalue weighted by Crippen LogP contribution is -2.58. The maximum absolute atomic E-state index is 15.0. The Balaban J connectivity index is 1.46. The van der Waals surface area contributed by atoms with Crippen LogP contribution in [0.3, 0.4) is 0 Å². The quantitative estimate of drug-likeness (QED) is 0.231. The zero-order valence-corrected chi connectivity index (χ0v) is 27.5. The van der Waals surface area contributed by atoms with Crippen molar-refractivity contribution in [2.75, 3.05) is 32.7 Å². The molecule has 2 aliphatic rings. The number of benzene rings is 3. The van der Waals surface area contributed by atoms with Crippen molar-refractivity contribution in [3.05, 3.63) is 99.7 Å². The van der Waals surface area contributed by atoms with E-state index in [0.717, 1.165) is 32.5 Å². The van der Waals surface area contributed by atoms with Crippen molar-refractivity contribution in [2.24, 2.45) is 0 Å². The molecule has 0 bridgehead atoms. The number of halogens is 2. The van der Waals surface area contributed by atoms with Gasteiger partial charge < -0.3 is 25.0 Å². The van der Waals surface area contributed by atoms with Gasteiger partial charge in [0.2, 0.25) is 11.8 Å². The van der Waals surface area contributed by atoms with Crippen LogP contribution in [-0.2, 0) is 16.1 Å². The number of carbonyl (C=O) groups is 3. The van der Waals surface area contributed by atoms with Gasteiger partial charge in [0.05, 0.1) is 12.5 Å². The number of amides is 4. The van der Waals surface area contributed by atoms with E-state index in [1.165, 1.54) is 11.8 Å². The molecule has 2 atom stereocenters. The number of urea groups is 1. The molecule has 0 spiro atoms. The number of aryl methyl sites for hydroxylation is 1. The number of nitrogens with one attached hydrogen (secondary N) is 2. The lowest BCUT2D eigenvalue weighted by atomic mass is 9.90. The summed E-state index contributed by atoms with van der Waals surface area (Å²) in [5.74, 6) is -0.212. The molecule has 2 saturated heterocycles. The van der Waals surface area contributed by atoms with E-state index >= 15 is 4.79 Å². The minimum atomic E-state index is -1.18. The molecular weight excluding hydrogens is 629 g/mol. The second kappa shape index (κ2) is 13.0. The van der Waals surface area contributed by atoms with Gasteiger partial charge in [0.1, 0.15) is 4.75 Å². The van der Waals surface area contributed by atoms with Gasteiger partial charge in [0.15, 0.2) is 0 Å². The van der Waals surface area contributed by atoms with Crippen LogP contribution < -0.4 is 5.32 Å². The van der Waals surface area contributed by atoms with Crippen LogP contribution >= 0.6 is 35.0 Å². The Kier molecular flexibility index (Phi) is 9.04. The largest absolute Gasteiger partial charge is 0.361 e. The van der Waals surface area contributed by atoms with Crippen LogP contribution in [0.1, 0.15) is 36.1 Å². The van der Waals surface area contributed by atoms with Crippen LogP contribution in [0.4, 0.5) is 4.79 Å². The van der Waals surface area contributed by atoms with Gasteiger partial charge in [-0.1, -0.05) is 59.1 Å². The lowest BCUT2D eigenvalue weighted by Gasteiger charge is -2.42. The lowest BCUT2D eigenvalue weighted by molar-refractivity contribution is -0.136. The number of rotatable bonds is 7. The first kappa shape index (κ1) is 31.3. The van der Waals surface area contributed by atoms with E-state index in [0.29, 0.717) is 49.3 Å². The number of nitrogens with zero attached hydrogens (tertiary/aromatic N) is 3. The Morgan fingerprint density at radius 3 is 2.31 bits per heavy atom. The van der Waals surface area contributed by atoms with Gasteiger partial charge in [0, 0.05) is 76.9 Å². The van der Waals surface area contributed by atoms with E-state index in [2.05, 4.69) is 10.3 Å². The third kappa shape index (κ3) is 6.26. The topological polar surface area (TPSA) is 88.8 Å². The van der Waals surface area contributed by atoms with Crippen molar-refractivity contribution in [1.29, 1.82) is 0 Å². The van der Waals surface area contributed by atoms with Crippen LogP contribution in [-0.4, -0.2) is 75.0 Å². The average Bonchev–Trinajstić information content (AvgIpc) is 3.56. The van der Waals surface area contributed by atoms with Crippen molar-refractivity contribution in [1.82, 2.24) is 25.0 Å². The summed E-state index contributed by atoms with van der Waals surface area (Å²) in [6.45, 7) is 6.36. The third-order valence-electron chi connectivity index (χ3n) is 8.59. The first-order chi connectivity index (χ1) is 21.7. The summed E-state index contributed by atoms with van der Waals surface area (Å²) < 4.78 is -1.18. The van der Waals surface area contributed by atoms with E-state index in [4.69, 9.17) is 23.2 Å². The molecule has 4 aromatic rings. The summed E-state index contributed by atoms with van der Waals surface area (Å²) in [6.07, 6.45) is 1.93. The van der Waals surface area contributed by atoms with E-state index < -0.39 is 10.8 Å². The van der Waals surface area contributed by atoms with Crippen molar-refractivity contribution in [3.63, 3.8) is 0 Å². The van der Waals surface area contributed by atoms with Crippen molar-refractivity contribution >= 4 is 63.7 Å².